The van der Waals surface area contributed by atoms with E-state index in [4.69, 9.17) is 18.9 Å². The molecule has 0 aromatic heterocycles. The van der Waals surface area contributed by atoms with Crippen molar-refractivity contribution in [2.24, 2.45) is 0 Å². The van der Waals surface area contributed by atoms with Crippen LogP contribution in [0.4, 0.5) is 5.69 Å². The molecule has 1 unspecified atom stereocenters. The van der Waals surface area contributed by atoms with Crippen molar-refractivity contribution in [1.82, 2.24) is 4.90 Å². The van der Waals surface area contributed by atoms with Crippen molar-refractivity contribution in [2.45, 2.75) is 6.04 Å². The van der Waals surface area contributed by atoms with Crippen molar-refractivity contribution in [3.05, 3.63) is 83.9 Å². The number of benzene rings is 3. The number of carbonyl (C=O) groups excluding carboxylic acids is 2. The van der Waals surface area contributed by atoms with Crippen LogP contribution in [0, 0.1) is 0 Å². The lowest BCUT2D eigenvalue weighted by molar-refractivity contribution is -0.133. The highest BCUT2D eigenvalue weighted by atomic mass is 16.7. The number of nitrogens with one attached hydrogen (secondary N) is 1. The van der Waals surface area contributed by atoms with Crippen LogP contribution >= 0.6 is 0 Å². The molecule has 0 aliphatic carbocycles. The molecule has 0 bridgehead atoms. The van der Waals surface area contributed by atoms with Gasteiger partial charge in [0.15, 0.2) is 23.0 Å². The molecule has 2 heterocycles. The fourth-order valence-electron chi connectivity index (χ4n) is 3.95. The van der Waals surface area contributed by atoms with Gasteiger partial charge in [0.05, 0.1) is 0 Å². The molecule has 0 fully saturated rings. The Morgan fingerprint density at radius 2 is 1.54 bits per heavy atom. The fraction of sp³-hybridized carbons (Fsp3) is 0.185. The van der Waals surface area contributed by atoms with Gasteiger partial charge in [-0.1, -0.05) is 36.4 Å². The number of fused-ring (bicyclic) bond motifs is 2. The SMILES string of the molecule is CN(C(=O)/C=C/c1ccc2c(c1)OCO2)C(C(=O)Nc1ccc2c(c1)OCCO2)c1ccccc1. The van der Waals surface area contributed by atoms with Gasteiger partial charge in [-0.15, -0.1) is 0 Å². The molecule has 2 aliphatic rings. The summed E-state index contributed by atoms with van der Waals surface area (Å²) < 4.78 is 21.9. The number of amides is 2. The van der Waals surface area contributed by atoms with Gasteiger partial charge in [0, 0.05) is 24.9 Å². The lowest BCUT2D eigenvalue weighted by Gasteiger charge is -2.27. The molecular formula is C27H24N2O6. The van der Waals surface area contributed by atoms with Gasteiger partial charge in [-0.3, -0.25) is 9.59 Å². The number of likely N-dealkylation sites (N-methyl/N-ethyl adjacent to an activating group) is 1. The molecular weight excluding hydrogens is 448 g/mol. The normalized spacial score (nSPS) is 14.4. The number of nitrogens with zero attached hydrogens (tertiary/aromatic N) is 1. The predicted octanol–water partition coefficient (Wildman–Crippen LogP) is 4.04. The van der Waals surface area contributed by atoms with Gasteiger partial charge >= 0.3 is 0 Å². The van der Waals surface area contributed by atoms with Gasteiger partial charge < -0.3 is 29.2 Å². The third kappa shape index (κ3) is 4.91. The van der Waals surface area contributed by atoms with E-state index < -0.39 is 6.04 Å². The average Bonchev–Trinajstić information content (AvgIpc) is 3.36. The smallest absolute Gasteiger partial charge is 0.251 e. The maximum absolute atomic E-state index is 13.4. The molecule has 2 aliphatic heterocycles. The highest BCUT2D eigenvalue weighted by Gasteiger charge is 2.28. The summed E-state index contributed by atoms with van der Waals surface area (Å²) in [6.45, 7) is 1.12. The largest absolute Gasteiger partial charge is 0.486 e. The van der Waals surface area contributed by atoms with E-state index in [1.807, 2.05) is 36.4 Å². The van der Waals surface area contributed by atoms with E-state index in [-0.39, 0.29) is 18.6 Å². The van der Waals surface area contributed by atoms with Crippen molar-refractivity contribution in [1.29, 1.82) is 0 Å². The molecule has 1 N–H and O–H groups in total. The molecule has 8 heteroatoms. The molecule has 0 saturated carbocycles. The minimum atomic E-state index is -0.849. The zero-order chi connectivity index (χ0) is 24.2. The third-order valence-corrected chi connectivity index (χ3v) is 5.72. The van der Waals surface area contributed by atoms with E-state index in [9.17, 15) is 9.59 Å². The molecule has 0 spiro atoms. The van der Waals surface area contributed by atoms with E-state index in [1.165, 1.54) is 11.0 Å². The van der Waals surface area contributed by atoms with Gasteiger partial charge in [-0.25, -0.2) is 0 Å². The molecule has 35 heavy (non-hydrogen) atoms. The van der Waals surface area contributed by atoms with E-state index >= 15 is 0 Å². The maximum Gasteiger partial charge on any atom is 0.251 e. The second-order valence-electron chi connectivity index (χ2n) is 8.06. The quantitative estimate of drug-likeness (QED) is 0.545. The number of ether oxygens (including phenoxy) is 4. The Morgan fingerprint density at radius 3 is 2.37 bits per heavy atom. The topological polar surface area (TPSA) is 86.3 Å². The van der Waals surface area contributed by atoms with Gasteiger partial charge in [-0.05, 0) is 41.5 Å². The molecule has 2 amide bonds. The summed E-state index contributed by atoms with van der Waals surface area (Å²) in [7, 11) is 1.60. The molecule has 8 nitrogen and oxygen atoms in total. The lowest BCUT2D eigenvalue weighted by Crippen LogP contribution is -2.37. The number of hydrogen-bond donors (Lipinski definition) is 1. The number of anilines is 1. The summed E-state index contributed by atoms with van der Waals surface area (Å²) in [5.74, 6) is 1.84. The third-order valence-electron chi connectivity index (χ3n) is 5.72. The number of carbonyl (C=O) groups is 2. The van der Waals surface area contributed by atoms with Crippen LogP contribution in [0.25, 0.3) is 6.08 Å². The molecule has 3 aromatic carbocycles. The van der Waals surface area contributed by atoms with Crippen LogP contribution in [0.3, 0.4) is 0 Å². The van der Waals surface area contributed by atoms with Crippen LogP contribution < -0.4 is 24.3 Å². The van der Waals surface area contributed by atoms with Crippen LogP contribution in [0.5, 0.6) is 23.0 Å². The number of rotatable bonds is 6. The summed E-state index contributed by atoms with van der Waals surface area (Å²) in [6, 6.07) is 19.0. The zero-order valence-electron chi connectivity index (χ0n) is 19.1. The summed E-state index contributed by atoms with van der Waals surface area (Å²) in [5, 5.41) is 2.91. The van der Waals surface area contributed by atoms with Crippen LogP contribution in [-0.2, 0) is 9.59 Å². The Morgan fingerprint density at radius 1 is 0.857 bits per heavy atom. The highest BCUT2D eigenvalue weighted by Crippen LogP contribution is 2.34. The van der Waals surface area contributed by atoms with Crippen LogP contribution in [0.15, 0.2) is 72.8 Å². The summed E-state index contributed by atoms with van der Waals surface area (Å²) in [5.41, 5.74) is 2.03. The van der Waals surface area contributed by atoms with Crippen LogP contribution in [0.1, 0.15) is 17.2 Å². The van der Waals surface area contributed by atoms with E-state index in [2.05, 4.69) is 5.32 Å². The molecule has 0 saturated heterocycles. The minimum absolute atomic E-state index is 0.182. The second kappa shape index (κ2) is 9.80. The van der Waals surface area contributed by atoms with E-state index in [0.29, 0.717) is 47.5 Å². The van der Waals surface area contributed by atoms with Gasteiger partial charge in [0.1, 0.15) is 19.3 Å². The lowest BCUT2D eigenvalue weighted by atomic mass is 10.0. The molecule has 5 rings (SSSR count). The van der Waals surface area contributed by atoms with Crippen LogP contribution in [-0.4, -0.2) is 43.8 Å². The highest BCUT2D eigenvalue weighted by molar-refractivity contribution is 6.00. The summed E-state index contributed by atoms with van der Waals surface area (Å²) >= 11 is 0. The molecule has 3 aromatic rings. The van der Waals surface area contributed by atoms with Gasteiger partial charge in [0.2, 0.25) is 12.7 Å². The van der Waals surface area contributed by atoms with Gasteiger partial charge in [0.25, 0.3) is 5.91 Å². The zero-order valence-corrected chi connectivity index (χ0v) is 19.1. The first-order chi connectivity index (χ1) is 17.1. The van der Waals surface area contributed by atoms with Gasteiger partial charge in [-0.2, -0.15) is 0 Å². The van der Waals surface area contributed by atoms with Crippen LogP contribution in [0.2, 0.25) is 0 Å². The minimum Gasteiger partial charge on any atom is -0.486 e. The molecule has 1 atom stereocenters. The van der Waals surface area contributed by atoms with Crippen molar-refractivity contribution in [3.63, 3.8) is 0 Å². The first kappa shape index (κ1) is 22.3. The molecule has 178 valence electrons. The number of hydrogen-bond acceptors (Lipinski definition) is 6. The molecule has 0 radical (unpaired) electrons. The standard InChI is InChI=1S/C27H24N2O6/c1-29(25(30)12-8-18-7-10-22-23(15-18)35-17-34-22)26(19-5-3-2-4-6-19)27(31)28-20-9-11-21-24(16-20)33-14-13-32-21/h2-12,15-16,26H,13-14,17H2,1H3,(H,28,31)/b12-8+. The van der Waals surface area contributed by atoms with Crippen molar-refractivity contribution < 1.29 is 28.5 Å². The second-order valence-corrected chi connectivity index (χ2v) is 8.06. The summed E-state index contributed by atoms with van der Waals surface area (Å²) in [4.78, 5) is 27.9. The Bertz CT molecular complexity index is 1270. The van der Waals surface area contributed by atoms with Crippen molar-refractivity contribution >= 4 is 23.6 Å². The first-order valence-electron chi connectivity index (χ1n) is 11.2. The Balaban J connectivity index is 1.35. The Hall–Kier alpha value is -4.46. The van der Waals surface area contributed by atoms with E-state index in [0.717, 1.165) is 5.56 Å². The summed E-state index contributed by atoms with van der Waals surface area (Å²) in [6.07, 6.45) is 3.12. The van der Waals surface area contributed by atoms with Crippen molar-refractivity contribution in [3.8, 4) is 23.0 Å². The van der Waals surface area contributed by atoms with E-state index in [1.54, 1.807) is 43.5 Å². The first-order valence-corrected chi connectivity index (χ1v) is 11.2. The van der Waals surface area contributed by atoms with Crippen molar-refractivity contribution in [2.75, 3.05) is 32.4 Å². The maximum atomic E-state index is 13.4. The predicted molar refractivity (Wildman–Crippen MR) is 130 cm³/mol. The Kier molecular flexibility index (Phi) is 6.26. The average molecular weight is 472 g/mol. The Labute approximate surface area is 202 Å². The monoisotopic (exact) mass is 472 g/mol. The fourth-order valence-corrected chi connectivity index (χ4v) is 3.95.